The van der Waals surface area contributed by atoms with Crippen LogP contribution in [0, 0.1) is 0 Å². The Hall–Kier alpha value is -3.29. The second-order valence-electron chi connectivity index (χ2n) is 4.76. The van der Waals surface area contributed by atoms with E-state index in [1.165, 1.54) is 17.2 Å². The first kappa shape index (κ1) is 14.6. The van der Waals surface area contributed by atoms with Crippen LogP contribution in [-0.2, 0) is 6.54 Å². The fourth-order valence-electron chi connectivity index (χ4n) is 1.94. The number of nitrogens with zero attached hydrogens (tertiary/aromatic N) is 5. The summed E-state index contributed by atoms with van der Waals surface area (Å²) in [7, 11) is 1.56. The molecule has 23 heavy (non-hydrogen) atoms. The Balaban J connectivity index is 1.74. The lowest BCUT2D eigenvalue weighted by molar-refractivity contribution is 0.0760. The van der Waals surface area contributed by atoms with E-state index in [9.17, 15) is 9.90 Å². The van der Waals surface area contributed by atoms with Crippen LogP contribution in [0.3, 0.4) is 0 Å². The van der Waals surface area contributed by atoms with Gasteiger partial charge in [0.05, 0.1) is 0 Å². The number of rotatable bonds is 4. The highest BCUT2D eigenvalue weighted by Gasteiger charge is 2.19. The summed E-state index contributed by atoms with van der Waals surface area (Å²) in [5.41, 5.74) is 0.554. The average Bonchev–Trinajstić information content (AvgIpc) is 3.04. The van der Waals surface area contributed by atoms with Crippen molar-refractivity contribution in [3.8, 4) is 17.3 Å². The van der Waals surface area contributed by atoms with Gasteiger partial charge in [-0.3, -0.25) is 9.78 Å². The molecule has 3 rings (SSSR count). The van der Waals surface area contributed by atoms with Crippen LogP contribution in [-0.4, -0.2) is 43.1 Å². The second kappa shape index (κ2) is 6.22. The summed E-state index contributed by atoms with van der Waals surface area (Å²) in [5.74, 6) is -0.0104. The minimum absolute atomic E-state index is 0.0283. The topological polar surface area (TPSA) is 105 Å². The largest absolute Gasteiger partial charge is 0.505 e. The Bertz CT molecular complexity index is 819. The lowest BCUT2D eigenvalue weighted by Gasteiger charge is -2.14. The molecule has 0 aromatic carbocycles. The minimum Gasteiger partial charge on any atom is -0.505 e. The Morgan fingerprint density at radius 1 is 1.22 bits per heavy atom. The summed E-state index contributed by atoms with van der Waals surface area (Å²) in [6.07, 6.45) is 3.07. The highest BCUT2D eigenvalue weighted by atomic mass is 16.5. The first-order valence-electron chi connectivity index (χ1n) is 6.78. The molecular formula is C15H13N5O3. The van der Waals surface area contributed by atoms with Gasteiger partial charge in [-0.25, -0.2) is 4.98 Å². The Morgan fingerprint density at radius 2 is 2.04 bits per heavy atom. The predicted molar refractivity (Wildman–Crippen MR) is 79.2 cm³/mol. The third-order valence-corrected chi connectivity index (χ3v) is 3.07. The molecule has 0 fully saturated rings. The molecule has 0 aliphatic heterocycles. The number of carbonyl (C=O) groups excluding carboxylic acids is 1. The van der Waals surface area contributed by atoms with Crippen LogP contribution in [0.5, 0.6) is 5.75 Å². The van der Waals surface area contributed by atoms with Gasteiger partial charge in [-0.1, -0.05) is 11.2 Å². The quantitative estimate of drug-likeness (QED) is 0.778. The summed E-state index contributed by atoms with van der Waals surface area (Å²) in [6, 6.07) is 8.31. The zero-order valence-corrected chi connectivity index (χ0v) is 12.2. The predicted octanol–water partition coefficient (Wildman–Crippen LogP) is 1.50. The van der Waals surface area contributed by atoms with E-state index in [1.807, 2.05) is 6.07 Å². The molecule has 3 aromatic heterocycles. The number of pyridine rings is 2. The third kappa shape index (κ3) is 3.15. The van der Waals surface area contributed by atoms with Gasteiger partial charge in [-0.05, 0) is 24.3 Å². The van der Waals surface area contributed by atoms with Gasteiger partial charge in [0.2, 0.25) is 11.7 Å². The van der Waals surface area contributed by atoms with E-state index in [1.54, 1.807) is 31.4 Å². The highest BCUT2D eigenvalue weighted by molar-refractivity contribution is 5.94. The SMILES string of the molecule is CN(Cc1nc(-c2ccccn2)no1)C(=O)c1ncccc1O. The molecule has 3 heterocycles. The number of aromatic hydroxyl groups is 1. The maximum absolute atomic E-state index is 12.2. The zero-order valence-electron chi connectivity index (χ0n) is 12.2. The van der Waals surface area contributed by atoms with E-state index in [0.29, 0.717) is 11.5 Å². The molecule has 0 saturated heterocycles. The molecule has 0 aliphatic carbocycles. The Labute approximate surface area is 131 Å². The van der Waals surface area contributed by atoms with E-state index in [-0.39, 0.29) is 23.9 Å². The van der Waals surface area contributed by atoms with E-state index in [0.717, 1.165) is 0 Å². The fourth-order valence-corrected chi connectivity index (χ4v) is 1.94. The number of hydrogen-bond donors (Lipinski definition) is 1. The van der Waals surface area contributed by atoms with Gasteiger partial charge in [0.25, 0.3) is 5.91 Å². The summed E-state index contributed by atoms with van der Waals surface area (Å²) in [5, 5.41) is 13.5. The molecule has 8 nitrogen and oxygen atoms in total. The van der Waals surface area contributed by atoms with Crippen LogP contribution in [0.15, 0.2) is 47.2 Å². The van der Waals surface area contributed by atoms with E-state index < -0.39 is 5.91 Å². The van der Waals surface area contributed by atoms with Crippen molar-refractivity contribution < 1.29 is 14.4 Å². The Kier molecular flexibility index (Phi) is 3.96. The van der Waals surface area contributed by atoms with Gasteiger partial charge in [-0.15, -0.1) is 0 Å². The van der Waals surface area contributed by atoms with Crippen molar-refractivity contribution in [3.63, 3.8) is 0 Å². The molecule has 1 N–H and O–H groups in total. The number of carbonyl (C=O) groups is 1. The number of aromatic nitrogens is 4. The molecule has 3 aromatic rings. The van der Waals surface area contributed by atoms with Gasteiger partial charge in [-0.2, -0.15) is 4.98 Å². The van der Waals surface area contributed by atoms with Crippen molar-refractivity contribution in [1.29, 1.82) is 0 Å². The van der Waals surface area contributed by atoms with Crippen molar-refractivity contribution in [2.75, 3.05) is 7.05 Å². The average molecular weight is 311 g/mol. The number of amides is 1. The van der Waals surface area contributed by atoms with Crippen LogP contribution >= 0.6 is 0 Å². The van der Waals surface area contributed by atoms with Crippen LogP contribution in [0.2, 0.25) is 0 Å². The van der Waals surface area contributed by atoms with E-state index in [4.69, 9.17) is 4.52 Å². The maximum atomic E-state index is 12.2. The first-order chi connectivity index (χ1) is 11.1. The fraction of sp³-hybridized carbons (Fsp3) is 0.133. The van der Waals surface area contributed by atoms with Gasteiger partial charge < -0.3 is 14.5 Å². The molecule has 0 saturated carbocycles. The molecule has 116 valence electrons. The van der Waals surface area contributed by atoms with Crippen molar-refractivity contribution in [2.24, 2.45) is 0 Å². The van der Waals surface area contributed by atoms with Crippen LogP contribution < -0.4 is 0 Å². The zero-order chi connectivity index (χ0) is 16.2. The molecular weight excluding hydrogens is 298 g/mol. The van der Waals surface area contributed by atoms with E-state index >= 15 is 0 Å². The number of hydrogen-bond acceptors (Lipinski definition) is 7. The standard InChI is InChI=1S/C15H13N5O3/c1-20(15(22)13-11(21)6-4-8-17-13)9-12-18-14(19-23-12)10-5-2-3-7-16-10/h2-8,21H,9H2,1H3. The summed E-state index contributed by atoms with van der Waals surface area (Å²) < 4.78 is 5.13. The summed E-state index contributed by atoms with van der Waals surface area (Å²) in [6.45, 7) is 0.0919. The Morgan fingerprint density at radius 3 is 2.78 bits per heavy atom. The molecule has 0 atom stereocenters. The van der Waals surface area contributed by atoms with Gasteiger partial charge >= 0.3 is 0 Å². The van der Waals surface area contributed by atoms with Crippen molar-refractivity contribution in [2.45, 2.75) is 6.54 Å². The normalized spacial score (nSPS) is 10.5. The smallest absolute Gasteiger partial charge is 0.276 e. The molecule has 0 spiro atoms. The lowest BCUT2D eigenvalue weighted by atomic mass is 10.3. The maximum Gasteiger partial charge on any atom is 0.276 e. The van der Waals surface area contributed by atoms with Crippen LogP contribution in [0.1, 0.15) is 16.4 Å². The molecule has 0 aliphatic rings. The summed E-state index contributed by atoms with van der Waals surface area (Å²) in [4.78, 5) is 25.8. The van der Waals surface area contributed by atoms with E-state index in [2.05, 4.69) is 20.1 Å². The van der Waals surface area contributed by atoms with Crippen LogP contribution in [0.25, 0.3) is 11.5 Å². The summed E-state index contributed by atoms with van der Waals surface area (Å²) >= 11 is 0. The van der Waals surface area contributed by atoms with Gasteiger partial charge in [0, 0.05) is 19.4 Å². The minimum atomic E-state index is -0.444. The van der Waals surface area contributed by atoms with Gasteiger partial charge in [0.1, 0.15) is 18.0 Å². The monoisotopic (exact) mass is 311 g/mol. The molecule has 8 heteroatoms. The molecule has 0 bridgehead atoms. The molecule has 0 unspecified atom stereocenters. The van der Waals surface area contributed by atoms with Gasteiger partial charge in [0.15, 0.2) is 5.69 Å². The molecule has 1 amide bonds. The highest BCUT2D eigenvalue weighted by Crippen LogP contribution is 2.16. The van der Waals surface area contributed by atoms with Crippen molar-refractivity contribution in [3.05, 3.63) is 54.3 Å². The first-order valence-corrected chi connectivity index (χ1v) is 6.78. The molecule has 0 radical (unpaired) electrons. The lowest BCUT2D eigenvalue weighted by Crippen LogP contribution is -2.27. The van der Waals surface area contributed by atoms with Crippen LogP contribution in [0.4, 0.5) is 0 Å². The van der Waals surface area contributed by atoms with Crippen molar-refractivity contribution in [1.82, 2.24) is 25.0 Å². The van der Waals surface area contributed by atoms with Crippen molar-refractivity contribution >= 4 is 5.91 Å². The third-order valence-electron chi connectivity index (χ3n) is 3.07. The second-order valence-corrected chi connectivity index (χ2v) is 4.76.